The number of hydrogen-bond acceptors (Lipinski definition) is 3. The minimum Gasteiger partial charge on any atom is -0.384 e. The van der Waals surface area contributed by atoms with E-state index < -0.39 is 17.2 Å². The highest BCUT2D eigenvalue weighted by Gasteiger charge is 2.14. The molecule has 0 aliphatic rings. The van der Waals surface area contributed by atoms with Gasteiger partial charge in [-0.3, -0.25) is 9.59 Å². The Balaban J connectivity index is 2.13. The van der Waals surface area contributed by atoms with E-state index in [2.05, 4.69) is 32.6 Å². The minimum absolute atomic E-state index is 0.488. The number of benzene rings is 2. The fourth-order valence-corrected chi connectivity index (χ4v) is 2.86. The van der Waals surface area contributed by atoms with E-state index in [1.165, 1.54) is 0 Å². The summed E-state index contributed by atoms with van der Waals surface area (Å²) in [4.78, 5) is 27.6. The lowest BCUT2D eigenvalue weighted by Gasteiger charge is -2.13. The summed E-state index contributed by atoms with van der Waals surface area (Å²) < 4.78 is 0.956. The predicted molar refractivity (Wildman–Crippen MR) is 88.4 cm³/mol. The average molecular weight is 394 g/mol. The number of aliphatic hydroxyl groups excluding tert-OH is 1. The molecule has 0 spiro atoms. The highest BCUT2D eigenvalue weighted by Crippen LogP contribution is 2.27. The molecule has 1 atom stereocenters. The molecule has 0 aliphatic carbocycles. The van der Waals surface area contributed by atoms with Crippen LogP contribution < -0.4 is 11.1 Å². The van der Waals surface area contributed by atoms with Crippen LogP contribution >= 0.6 is 22.6 Å². The summed E-state index contributed by atoms with van der Waals surface area (Å²) in [6.45, 7) is 0. The van der Waals surface area contributed by atoms with E-state index in [1.54, 1.807) is 18.2 Å². The van der Waals surface area contributed by atoms with Gasteiger partial charge in [-0.25, -0.2) is 0 Å². The van der Waals surface area contributed by atoms with Gasteiger partial charge in [-0.05, 0) is 51.9 Å². The van der Waals surface area contributed by atoms with Gasteiger partial charge in [0.2, 0.25) is 0 Å². The standard InChI is InChI=1S/C15H11IN2O3/c16-10-4-2-1-3-9(10)13(19)8-5-6-11-12(7-8)18-15(21)14(20)17-11/h1-7,13,19H,(H,17,20)(H,18,21). The molecule has 0 fully saturated rings. The van der Waals surface area contributed by atoms with Crippen molar-refractivity contribution < 1.29 is 5.11 Å². The van der Waals surface area contributed by atoms with Crippen molar-refractivity contribution in [3.63, 3.8) is 0 Å². The highest BCUT2D eigenvalue weighted by molar-refractivity contribution is 14.1. The van der Waals surface area contributed by atoms with Gasteiger partial charge in [0.15, 0.2) is 0 Å². The van der Waals surface area contributed by atoms with Crippen LogP contribution in [0.5, 0.6) is 0 Å². The Morgan fingerprint density at radius 2 is 1.62 bits per heavy atom. The molecule has 0 amide bonds. The molecule has 0 radical (unpaired) electrons. The maximum absolute atomic E-state index is 11.4. The summed E-state index contributed by atoms with van der Waals surface area (Å²) >= 11 is 2.16. The molecule has 21 heavy (non-hydrogen) atoms. The molecule has 3 rings (SSSR count). The summed E-state index contributed by atoms with van der Waals surface area (Å²) in [5.74, 6) is 0. The summed E-state index contributed by atoms with van der Waals surface area (Å²) in [5, 5.41) is 10.5. The molecule has 0 saturated heterocycles. The summed E-state index contributed by atoms with van der Waals surface area (Å²) in [6, 6.07) is 12.6. The third-order valence-electron chi connectivity index (χ3n) is 3.26. The second-order valence-corrected chi connectivity index (χ2v) is 5.80. The maximum atomic E-state index is 11.4. The zero-order chi connectivity index (χ0) is 15.0. The lowest BCUT2D eigenvalue weighted by Crippen LogP contribution is -2.28. The number of H-pyrrole nitrogens is 2. The van der Waals surface area contributed by atoms with Crippen LogP contribution in [0, 0.1) is 3.57 Å². The van der Waals surface area contributed by atoms with Gasteiger partial charge in [-0.15, -0.1) is 0 Å². The van der Waals surface area contributed by atoms with Gasteiger partial charge in [0.1, 0.15) is 6.10 Å². The van der Waals surface area contributed by atoms with Gasteiger partial charge in [-0.2, -0.15) is 0 Å². The molecule has 6 heteroatoms. The van der Waals surface area contributed by atoms with Crippen LogP contribution in [0.4, 0.5) is 0 Å². The third kappa shape index (κ3) is 2.64. The number of fused-ring (bicyclic) bond motifs is 1. The molecule has 3 N–H and O–H groups in total. The van der Waals surface area contributed by atoms with Gasteiger partial charge in [0, 0.05) is 3.57 Å². The van der Waals surface area contributed by atoms with Crippen molar-refractivity contribution in [3.8, 4) is 0 Å². The van der Waals surface area contributed by atoms with E-state index in [0.29, 0.717) is 16.6 Å². The van der Waals surface area contributed by atoms with Gasteiger partial charge >= 0.3 is 11.1 Å². The molecule has 0 saturated carbocycles. The molecule has 0 bridgehead atoms. The Bertz CT molecular complexity index is 930. The van der Waals surface area contributed by atoms with Gasteiger partial charge in [0.25, 0.3) is 0 Å². The largest absolute Gasteiger partial charge is 0.384 e. The molecule has 1 aromatic heterocycles. The fraction of sp³-hybridized carbons (Fsp3) is 0.0667. The van der Waals surface area contributed by atoms with Crippen LogP contribution in [0.3, 0.4) is 0 Å². The molecule has 0 aliphatic heterocycles. The Morgan fingerprint density at radius 3 is 2.33 bits per heavy atom. The first-order valence-electron chi connectivity index (χ1n) is 6.25. The lowest BCUT2D eigenvalue weighted by atomic mass is 10.0. The second kappa shape index (κ2) is 5.45. The summed E-state index contributed by atoms with van der Waals surface area (Å²) in [7, 11) is 0. The number of nitrogens with one attached hydrogen (secondary N) is 2. The average Bonchev–Trinajstić information content (AvgIpc) is 2.48. The molecule has 5 nitrogen and oxygen atoms in total. The van der Waals surface area contributed by atoms with E-state index in [4.69, 9.17) is 0 Å². The number of aromatic nitrogens is 2. The fourth-order valence-electron chi connectivity index (χ4n) is 2.18. The van der Waals surface area contributed by atoms with E-state index in [0.717, 1.165) is 9.13 Å². The maximum Gasteiger partial charge on any atom is 0.314 e. The zero-order valence-corrected chi connectivity index (χ0v) is 12.9. The Labute approximate surface area is 132 Å². The summed E-state index contributed by atoms with van der Waals surface area (Å²) in [6.07, 6.45) is -0.794. The number of rotatable bonds is 2. The molecule has 1 heterocycles. The lowest BCUT2D eigenvalue weighted by molar-refractivity contribution is 0.219. The topological polar surface area (TPSA) is 85.9 Å². The van der Waals surface area contributed by atoms with E-state index in [-0.39, 0.29) is 0 Å². The third-order valence-corrected chi connectivity index (χ3v) is 4.24. The van der Waals surface area contributed by atoms with Crippen LogP contribution in [-0.2, 0) is 0 Å². The number of hydrogen-bond donors (Lipinski definition) is 3. The summed E-state index contributed by atoms with van der Waals surface area (Å²) in [5.41, 5.74) is 1.07. The number of aromatic amines is 2. The number of halogens is 1. The smallest absolute Gasteiger partial charge is 0.314 e. The van der Waals surface area contributed by atoms with Gasteiger partial charge in [0.05, 0.1) is 11.0 Å². The zero-order valence-electron chi connectivity index (χ0n) is 10.8. The first kappa shape index (κ1) is 14.0. The van der Waals surface area contributed by atoms with Crippen molar-refractivity contribution in [2.45, 2.75) is 6.10 Å². The monoisotopic (exact) mass is 394 g/mol. The first-order chi connectivity index (χ1) is 10.1. The van der Waals surface area contributed by atoms with Crippen molar-refractivity contribution in [1.29, 1.82) is 0 Å². The highest BCUT2D eigenvalue weighted by atomic mass is 127. The first-order valence-corrected chi connectivity index (χ1v) is 7.33. The quantitative estimate of drug-likeness (QED) is 0.459. The normalized spacial score (nSPS) is 12.5. The van der Waals surface area contributed by atoms with E-state index in [9.17, 15) is 14.7 Å². The van der Waals surface area contributed by atoms with E-state index in [1.807, 2.05) is 24.3 Å². The predicted octanol–water partition coefficient (Wildman–Crippen LogP) is 1.90. The SMILES string of the molecule is O=c1[nH]c2ccc(C(O)c3ccccc3I)cc2[nH]c1=O. The Morgan fingerprint density at radius 1 is 0.952 bits per heavy atom. The molecular formula is C15H11IN2O3. The molecule has 2 aromatic carbocycles. The van der Waals surface area contributed by atoms with Crippen LogP contribution in [0.25, 0.3) is 11.0 Å². The molecule has 1 unspecified atom stereocenters. The van der Waals surface area contributed by atoms with Gasteiger partial charge in [-0.1, -0.05) is 24.3 Å². The van der Waals surface area contributed by atoms with E-state index >= 15 is 0 Å². The van der Waals surface area contributed by atoms with Crippen molar-refractivity contribution in [1.82, 2.24) is 9.97 Å². The molecule has 106 valence electrons. The van der Waals surface area contributed by atoms with Crippen molar-refractivity contribution >= 4 is 33.6 Å². The van der Waals surface area contributed by atoms with Crippen LogP contribution in [0.2, 0.25) is 0 Å². The molecular weight excluding hydrogens is 383 g/mol. The molecule has 3 aromatic rings. The van der Waals surface area contributed by atoms with Crippen LogP contribution in [-0.4, -0.2) is 15.1 Å². The van der Waals surface area contributed by atoms with Crippen molar-refractivity contribution in [2.24, 2.45) is 0 Å². The second-order valence-electron chi connectivity index (χ2n) is 4.64. The van der Waals surface area contributed by atoms with Crippen LogP contribution in [0.15, 0.2) is 52.1 Å². The Kier molecular flexibility index (Phi) is 3.64. The van der Waals surface area contributed by atoms with Crippen LogP contribution in [0.1, 0.15) is 17.2 Å². The van der Waals surface area contributed by atoms with Crippen molar-refractivity contribution in [3.05, 3.63) is 77.9 Å². The number of aliphatic hydroxyl groups is 1. The van der Waals surface area contributed by atoms with Crippen molar-refractivity contribution in [2.75, 3.05) is 0 Å². The Hall–Kier alpha value is -1.93. The minimum atomic E-state index is -0.794. The van der Waals surface area contributed by atoms with Gasteiger partial charge < -0.3 is 15.1 Å².